The number of ether oxygens (including phenoxy) is 1. The summed E-state index contributed by atoms with van der Waals surface area (Å²) in [5.41, 5.74) is 0.795. The van der Waals surface area contributed by atoms with Gasteiger partial charge in [0.25, 0.3) is 0 Å². The van der Waals surface area contributed by atoms with Gasteiger partial charge >= 0.3 is 0 Å². The third-order valence-corrected chi connectivity index (χ3v) is 4.52. The van der Waals surface area contributed by atoms with Crippen molar-refractivity contribution in [1.82, 2.24) is 15.5 Å². The molecule has 0 radical (unpaired) electrons. The summed E-state index contributed by atoms with van der Waals surface area (Å²) in [7, 11) is 0. The molecular weight excluding hydrogens is 354 g/mol. The molecule has 2 heterocycles. The number of hydrogen-bond donors (Lipinski definition) is 1. The van der Waals surface area contributed by atoms with Gasteiger partial charge in [-0.3, -0.25) is 4.79 Å². The smallest absolute Gasteiger partial charge is 0.227 e. The molecule has 140 valence electrons. The number of nitrogens with one attached hydrogen (secondary N) is 1. The van der Waals surface area contributed by atoms with Crippen LogP contribution in [0.25, 0.3) is 0 Å². The van der Waals surface area contributed by atoms with Crippen molar-refractivity contribution < 1.29 is 14.1 Å². The van der Waals surface area contributed by atoms with E-state index in [0.29, 0.717) is 36.2 Å². The fraction of sp³-hybridized carbons (Fsp3) is 0.526. The van der Waals surface area contributed by atoms with Crippen LogP contribution in [0.3, 0.4) is 0 Å². The number of halogens is 1. The van der Waals surface area contributed by atoms with Crippen molar-refractivity contribution in [2.75, 3.05) is 6.61 Å². The van der Waals surface area contributed by atoms with Crippen molar-refractivity contribution in [3.05, 3.63) is 40.5 Å². The highest BCUT2D eigenvalue weighted by atomic mass is 35.5. The van der Waals surface area contributed by atoms with E-state index in [-0.39, 0.29) is 17.4 Å². The molecule has 7 heteroatoms. The van der Waals surface area contributed by atoms with Crippen LogP contribution in [0.1, 0.15) is 63.4 Å². The van der Waals surface area contributed by atoms with Crippen molar-refractivity contribution in [3.63, 3.8) is 0 Å². The topological polar surface area (TPSA) is 77.2 Å². The average molecular weight is 378 g/mol. The molecule has 0 aliphatic carbocycles. The summed E-state index contributed by atoms with van der Waals surface area (Å²) in [6.45, 7) is 6.68. The summed E-state index contributed by atoms with van der Waals surface area (Å²) in [6.07, 6.45) is 2.42. The van der Waals surface area contributed by atoms with Crippen molar-refractivity contribution in [1.29, 1.82) is 0 Å². The van der Waals surface area contributed by atoms with Gasteiger partial charge in [0.05, 0.1) is 12.6 Å². The lowest BCUT2D eigenvalue weighted by atomic mass is 9.96. The van der Waals surface area contributed by atoms with E-state index in [9.17, 15) is 4.79 Å². The molecule has 0 saturated heterocycles. The number of rotatable bonds is 4. The van der Waals surface area contributed by atoms with Crippen LogP contribution >= 0.6 is 11.6 Å². The normalized spacial score (nSPS) is 17.2. The van der Waals surface area contributed by atoms with Crippen LogP contribution < -0.4 is 10.1 Å². The molecule has 1 aromatic carbocycles. The molecule has 0 bridgehead atoms. The molecule has 1 N–H and O–H groups in total. The quantitative estimate of drug-likeness (QED) is 0.871. The molecule has 2 aromatic rings. The van der Waals surface area contributed by atoms with Crippen LogP contribution in [0.2, 0.25) is 5.02 Å². The van der Waals surface area contributed by atoms with Gasteiger partial charge in [-0.05, 0) is 25.0 Å². The van der Waals surface area contributed by atoms with E-state index in [2.05, 4.69) is 15.5 Å². The van der Waals surface area contributed by atoms with Crippen LogP contribution in [-0.2, 0) is 16.6 Å². The van der Waals surface area contributed by atoms with Crippen LogP contribution in [0, 0.1) is 0 Å². The van der Waals surface area contributed by atoms with E-state index in [0.717, 1.165) is 24.2 Å². The monoisotopic (exact) mass is 377 g/mol. The molecule has 1 aromatic heterocycles. The molecule has 1 amide bonds. The predicted octanol–water partition coefficient (Wildman–Crippen LogP) is 3.98. The molecule has 1 unspecified atom stereocenters. The molecule has 1 atom stereocenters. The van der Waals surface area contributed by atoms with Crippen molar-refractivity contribution >= 4 is 17.5 Å². The number of fused-ring (bicyclic) bond motifs is 1. The maximum Gasteiger partial charge on any atom is 0.227 e. The van der Waals surface area contributed by atoms with Gasteiger partial charge in [-0.15, -0.1) is 0 Å². The Hall–Kier alpha value is -2.08. The molecule has 3 rings (SSSR count). The zero-order valence-electron chi connectivity index (χ0n) is 15.3. The van der Waals surface area contributed by atoms with Gasteiger partial charge in [-0.2, -0.15) is 4.98 Å². The molecule has 6 nitrogen and oxygen atoms in total. The second kappa shape index (κ2) is 7.66. The van der Waals surface area contributed by atoms with Crippen molar-refractivity contribution in [3.8, 4) is 5.75 Å². The van der Waals surface area contributed by atoms with E-state index in [1.165, 1.54) is 0 Å². The van der Waals surface area contributed by atoms with E-state index in [1.54, 1.807) is 6.07 Å². The molecule has 0 fully saturated rings. The summed E-state index contributed by atoms with van der Waals surface area (Å²) < 4.78 is 11.0. The number of carbonyl (C=O) groups excluding carboxylic acids is 1. The molecule has 0 saturated carbocycles. The molecule has 26 heavy (non-hydrogen) atoms. The first-order chi connectivity index (χ1) is 12.3. The van der Waals surface area contributed by atoms with Crippen molar-refractivity contribution in [2.45, 2.75) is 57.9 Å². The first-order valence-electron chi connectivity index (χ1n) is 8.87. The number of benzene rings is 1. The standard InChI is InChI=1S/C19H24ClN3O3/c1-19(2,3)18-22-17(26-23-18)9-8-16(24)21-14-5-4-10-25-15-11-12(20)6-7-13(14)15/h6-7,11,14H,4-5,8-10H2,1-3H3,(H,21,24). The Morgan fingerprint density at radius 2 is 2.19 bits per heavy atom. The lowest BCUT2D eigenvalue weighted by Gasteiger charge is -2.18. The first kappa shape index (κ1) is 18.7. The van der Waals surface area contributed by atoms with Gasteiger partial charge in [0, 0.05) is 28.8 Å². The van der Waals surface area contributed by atoms with Crippen molar-refractivity contribution in [2.24, 2.45) is 0 Å². The molecular formula is C19H24ClN3O3. The van der Waals surface area contributed by atoms with Gasteiger partial charge in [0.1, 0.15) is 5.75 Å². The lowest BCUT2D eigenvalue weighted by molar-refractivity contribution is -0.121. The second-order valence-corrected chi connectivity index (χ2v) is 7.99. The van der Waals surface area contributed by atoms with Gasteiger partial charge < -0.3 is 14.6 Å². The fourth-order valence-electron chi connectivity index (χ4n) is 2.84. The summed E-state index contributed by atoms with van der Waals surface area (Å²) in [4.78, 5) is 16.8. The largest absolute Gasteiger partial charge is 0.493 e. The highest BCUT2D eigenvalue weighted by Gasteiger charge is 2.23. The molecule has 1 aliphatic rings. The summed E-state index contributed by atoms with van der Waals surface area (Å²) in [6, 6.07) is 5.46. The Morgan fingerprint density at radius 3 is 2.92 bits per heavy atom. The molecule has 0 spiro atoms. The number of aromatic nitrogens is 2. The average Bonchev–Trinajstić information content (AvgIpc) is 2.97. The second-order valence-electron chi connectivity index (χ2n) is 7.55. The fourth-order valence-corrected chi connectivity index (χ4v) is 3.01. The summed E-state index contributed by atoms with van der Waals surface area (Å²) in [5.74, 6) is 1.83. The SMILES string of the molecule is CC(C)(C)c1noc(CCC(=O)NC2CCCOc3cc(Cl)ccc32)n1. The van der Waals surface area contributed by atoms with E-state index in [1.807, 2.05) is 32.9 Å². The molecule has 1 aliphatic heterocycles. The Balaban J connectivity index is 1.61. The number of hydrogen-bond acceptors (Lipinski definition) is 5. The predicted molar refractivity (Wildman–Crippen MR) is 98.4 cm³/mol. The highest BCUT2D eigenvalue weighted by Crippen LogP contribution is 2.33. The maximum atomic E-state index is 12.4. The third kappa shape index (κ3) is 4.55. The first-order valence-corrected chi connectivity index (χ1v) is 9.25. The zero-order valence-corrected chi connectivity index (χ0v) is 16.1. The van der Waals surface area contributed by atoms with Crippen LogP contribution in [0.15, 0.2) is 22.7 Å². The van der Waals surface area contributed by atoms with Crippen LogP contribution in [0.5, 0.6) is 5.75 Å². The lowest BCUT2D eigenvalue weighted by Crippen LogP contribution is -2.28. The number of aryl methyl sites for hydroxylation is 1. The minimum Gasteiger partial charge on any atom is -0.493 e. The summed E-state index contributed by atoms with van der Waals surface area (Å²) in [5, 5.41) is 7.70. The van der Waals surface area contributed by atoms with E-state index >= 15 is 0 Å². The Kier molecular flexibility index (Phi) is 5.51. The Labute approximate surface area is 158 Å². The maximum absolute atomic E-state index is 12.4. The minimum absolute atomic E-state index is 0.0479. The van der Waals surface area contributed by atoms with Crippen LogP contribution in [-0.4, -0.2) is 22.7 Å². The Bertz CT molecular complexity index is 783. The van der Waals surface area contributed by atoms with Gasteiger partial charge in [-0.1, -0.05) is 43.6 Å². The Morgan fingerprint density at radius 1 is 1.38 bits per heavy atom. The van der Waals surface area contributed by atoms with Gasteiger partial charge in [0.2, 0.25) is 11.8 Å². The number of amides is 1. The van der Waals surface area contributed by atoms with Crippen LogP contribution in [0.4, 0.5) is 0 Å². The third-order valence-electron chi connectivity index (χ3n) is 4.29. The zero-order chi connectivity index (χ0) is 18.7. The van der Waals surface area contributed by atoms with E-state index < -0.39 is 0 Å². The van der Waals surface area contributed by atoms with Gasteiger partial charge in [0.15, 0.2) is 5.82 Å². The minimum atomic E-state index is -0.171. The highest BCUT2D eigenvalue weighted by molar-refractivity contribution is 6.30. The van der Waals surface area contributed by atoms with E-state index in [4.69, 9.17) is 20.9 Å². The number of nitrogens with zero attached hydrogens (tertiary/aromatic N) is 2. The number of carbonyl (C=O) groups is 1. The van der Waals surface area contributed by atoms with Gasteiger partial charge in [-0.25, -0.2) is 0 Å². The summed E-state index contributed by atoms with van der Waals surface area (Å²) >= 11 is 6.04.